The third kappa shape index (κ3) is 3.37. The second-order valence-corrected chi connectivity index (χ2v) is 6.07. The Morgan fingerprint density at radius 2 is 2.05 bits per heavy atom. The fourth-order valence-electron chi connectivity index (χ4n) is 2.60. The summed E-state index contributed by atoms with van der Waals surface area (Å²) in [5, 5.41) is 0. The van der Waals surface area contributed by atoms with Crippen molar-refractivity contribution in [3.05, 3.63) is 35.6 Å². The van der Waals surface area contributed by atoms with E-state index in [4.69, 9.17) is 4.74 Å². The summed E-state index contributed by atoms with van der Waals surface area (Å²) in [5.41, 5.74) is 0.739. The van der Waals surface area contributed by atoms with Gasteiger partial charge < -0.3 is 9.64 Å². The number of nitrogens with zero attached hydrogens (tertiary/aromatic N) is 1. The SMILES string of the molecule is CC(CC(=O)N1CCOCC1(C)C)c1ccc(F)cc1. The largest absolute Gasteiger partial charge is 0.377 e. The lowest BCUT2D eigenvalue weighted by Gasteiger charge is -2.42. The first kappa shape index (κ1) is 15.0. The van der Waals surface area contributed by atoms with Crippen molar-refractivity contribution < 1.29 is 13.9 Å². The highest BCUT2D eigenvalue weighted by Gasteiger charge is 2.34. The van der Waals surface area contributed by atoms with Gasteiger partial charge in [-0.05, 0) is 37.5 Å². The van der Waals surface area contributed by atoms with Crippen molar-refractivity contribution in [1.82, 2.24) is 4.90 Å². The molecule has 4 heteroatoms. The molecule has 110 valence electrons. The van der Waals surface area contributed by atoms with Crippen LogP contribution in [0.5, 0.6) is 0 Å². The number of benzene rings is 1. The van der Waals surface area contributed by atoms with Crippen LogP contribution in [0.1, 0.15) is 38.7 Å². The maximum atomic E-state index is 12.9. The van der Waals surface area contributed by atoms with Gasteiger partial charge in [-0.15, -0.1) is 0 Å². The summed E-state index contributed by atoms with van der Waals surface area (Å²) in [6.07, 6.45) is 0.440. The number of amides is 1. The van der Waals surface area contributed by atoms with Crippen LogP contribution in [0.2, 0.25) is 0 Å². The summed E-state index contributed by atoms with van der Waals surface area (Å²) in [5.74, 6) is -0.0292. The van der Waals surface area contributed by atoms with Gasteiger partial charge in [0.15, 0.2) is 0 Å². The monoisotopic (exact) mass is 279 g/mol. The predicted molar refractivity (Wildman–Crippen MR) is 76.0 cm³/mol. The first-order valence-corrected chi connectivity index (χ1v) is 7.04. The Morgan fingerprint density at radius 3 is 2.65 bits per heavy atom. The molecule has 1 fully saturated rings. The molecule has 0 bridgehead atoms. The Bertz CT molecular complexity index is 470. The number of hydrogen-bond donors (Lipinski definition) is 0. The van der Waals surface area contributed by atoms with Crippen molar-refractivity contribution in [2.24, 2.45) is 0 Å². The van der Waals surface area contributed by atoms with Crippen LogP contribution in [0.15, 0.2) is 24.3 Å². The van der Waals surface area contributed by atoms with Crippen molar-refractivity contribution >= 4 is 5.91 Å². The number of carbonyl (C=O) groups is 1. The zero-order valence-electron chi connectivity index (χ0n) is 12.4. The molecule has 20 heavy (non-hydrogen) atoms. The average Bonchev–Trinajstić information content (AvgIpc) is 2.38. The standard InChI is InChI=1S/C16H22FNO2/c1-12(13-4-6-14(17)7-5-13)10-15(19)18-8-9-20-11-16(18,2)3/h4-7,12H,8-11H2,1-3H3. The van der Waals surface area contributed by atoms with Crippen molar-refractivity contribution in [3.63, 3.8) is 0 Å². The number of carbonyl (C=O) groups excluding carboxylic acids is 1. The Balaban J connectivity index is 2.01. The lowest BCUT2D eigenvalue weighted by molar-refractivity contribution is -0.146. The van der Waals surface area contributed by atoms with E-state index in [9.17, 15) is 9.18 Å². The van der Waals surface area contributed by atoms with Gasteiger partial charge in [0.2, 0.25) is 5.91 Å². The Morgan fingerprint density at radius 1 is 1.40 bits per heavy atom. The number of rotatable bonds is 3. The molecular weight excluding hydrogens is 257 g/mol. The van der Waals surface area contributed by atoms with E-state index in [-0.39, 0.29) is 23.2 Å². The maximum absolute atomic E-state index is 12.9. The molecule has 1 heterocycles. The number of hydrogen-bond acceptors (Lipinski definition) is 2. The zero-order valence-corrected chi connectivity index (χ0v) is 12.4. The van der Waals surface area contributed by atoms with Gasteiger partial charge in [-0.1, -0.05) is 19.1 Å². The second kappa shape index (κ2) is 5.92. The molecule has 1 saturated heterocycles. The van der Waals surface area contributed by atoms with Gasteiger partial charge in [-0.3, -0.25) is 4.79 Å². The van der Waals surface area contributed by atoms with Crippen LogP contribution in [0, 0.1) is 5.82 Å². The molecule has 0 saturated carbocycles. The molecule has 0 radical (unpaired) electrons. The molecule has 1 amide bonds. The quantitative estimate of drug-likeness (QED) is 0.851. The molecule has 0 aromatic heterocycles. The van der Waals surface area contributed by atoms with Gasteiger partial charge in [0.1, 0.15) is 5.82 Å². The van der Waals surface area contributed by atoms with Gasteiger partial charge in [0.05, 0.1) is 18.8 Å². The van der Waals surface area contributed by atoms with Crippen LogP contribution >= 0.6 is 0 Å². The van der Waals surface area contributed by atoms with Gasteiger partial charge in [0.25, 0.3) is 0 Å². The van der Waals surface area contributed by atoms with Crippen LogP contribution < -0.4 is 0 Å². The lowest BCUT2D eigenvalue weighted by atomic mass is 9.95. The summed E-state index contributed by atoms with van der Waals surface area (Å²) in [7, 11) is 0. The highest BCUT2D eigenvalue weighted by Crippen LogP contribution is 2.25. The van der Waals surface area contributed by atoms with E-state index in [2.05, 4.69) is 0 Å². The first-order chi connectivity index (χ1) is 9.40. The average molecular weight is 279 g/mol. The molecule has 1 aliphatic heterocycles. The topological polar surface area (TPSA) is 29.5 Å². The molecule has 1 aromatic rings. The molecular formula is C16H22FNO2. The van der Waals surface area contributed by atoms with Crippen molar-refractivity contribution in [3.8, 4) is 0 Å². The number of morpholine rings is 1. The summed E-state index contributed by atoms with van der Waals surface area (Å²) in [6.45, 7) is 7.85. The molecule has 0 aliphatic carbocycles. The third-order valence-corrected chi connectivity index (χ3v) is 3.87. The zero-order chi connectivity index (χ0) is 14.8. The number of halogens is 1. The van der Waals surface area contributed by atoms with Crippen molar-refractivity contribution in [2.45, 2.75) is 38.6 Å². The van der Waals surface area contributed by atoms with Crippen LogP contribution in [0.4, 0.5) is 4.39 Å². The molecule has 2 rings (SSSR count). The highest BCUT2D eigenvalue weighted by atomic mass is 19.1. The van der Waals surface area contributed by atoms with E-state index < -0.39 is 0 Å². The smallest absolute Gasteiger partial charge is 0.223 e. The van der Waals surface area contributed by atoms with E-state index in [1.165, 1.54) is 12.1 Å². The Kier molecular flexibility index (Phi) is 4.43. The fraction of sp³-hybridized carbons (Fsp3) is 0.562. The molecule has 1 atom stereocenters. The van der Waals surface area contributed by atoms with E-state index in [0.29, 0.717) is 26.2 Å². The van der Waals surface area contributed by atoms with Gasteiger partial charge in [0, 0.05) is 13.0 Å². The van der Waals surface area contributed by atoms with Crippen LogP contribution in [-0.4, -0.2) is 36.1 Å². The van der Waals surface area contributed by atoms with Gasteiger partial charge in [-0.2, -0.15) is 0 Å². The maximum Gasteiger partial charge on any atom is 0.223 e. The van der Waals surface area contributed by atoms with Crippen molar-refractivity contribution in [1.29, 1.82) is 0 Å². The van der Waals surface area contributed by atoms with Crippen LogP contribution in [-0.2, 0) is 9.53 Å². The summed E-state index contributed by atoms with van der Waals surface area (Å²) >= 11 is 0. The molecule has 3 nitrogen and oxygen atoms in total. The Labute approximate surface area is 119 Å². The van der Waals surface area contributed by atoms with Gasteiger partial charge >= 0.3 is 0 Å². The lowest BCUT2D eigenvalue weighted by Crippen LogP contribution is -2.55. The van der Waals surface area contributed by atoms with E-state index in [0.717, 1.165) is 5.56 Å². The normalized spacial score (nSPS) is 19.7. The fourth-order valence-corrected chi connectivity index (χ4v) is 2.60. The summed E-state index contributed by atoms with van der Waals surface area (Å²) in [6, 6.07) is 6.37. The minimum absolute atomic E-state index is 0.0849. The molecule has 0 spiro atoms. The van der Waals surface area contributed by atoms with Crippen LogP contribution in [0.25, 0.3) is 0 Å². The van der Waals surface area contributed by atoms with E-state index in [1.54, 1.807) is 12.1 Å². The van der Waals surface area contributed by atoms with E-state index >= 15 is 0 Å². The number of ether oxygens (including phenoxy) is 1. The second-order valence-electron chi connectivity index (χ2n) is 6.07. The molecule has 1 aromatic carbocycles. The van der Waals surface area contributed by atoms with Gasteiger partial charge in [-0.25, -0.2) is 4.39 Å². The first-order valence-electron chi connectivity index (χ1n) is 7.04. The summed E-state index contributed by atoms with van der Waals surface area (Å²) in [4.78, 5) is 14.4. The Hall–Kier alpha value is -1.42. The minimum atomic E-state index is -0.252. The molecule has 1 aliphatic rings. The predicted octanol–water partition coefficient (Wildman–Crippen LogP) is 2.96. The molecule has 0 N–H and O–H groups in total. The van der Waals surface area contributed by atoms with Crippen molar-refractivity contribution in [2.75, 3.05) is 19.8 Å². The minimum Gasteiger partial charge on any atom is -0.377 e. The van der Waals surface area contributed by atoms with Crippen LogP contribution in [0.3, 0.4) is 0 Å². The third-order valence-electron chi connectivity index (χ3n) is 3.87. The van der Waals surface area contributed by atoms with E-state index in [1.807, 2.05) is 25.7 Å². The highest BCUT2D eigenvalue weighted by molar-refractivity contribution is 5.78. The molecule has 1 unspecified atom stereocenters. The summed E-state index contributed by atoms with van der Waals surface area (Å²) < 4.78 is 18.3.